The maximum absolute atomic E-state index is 13.7. The highest BCUT2D eigenvalue weighted by atomic mass is 16.3. The zero-order chi connectivity index (χ0) is 22.1. The molecule has 32 heavy (non-hydrogen) atoms. The molecule has 2 aliphatic rings. The van der Waals surface area contributed by atoms with Gasteiger partial charge in [0.25, 0.3) is 5.91 Å². The molecule has 3 aromatic heterocycles. The summed E-state index contributed by atoms with van der Waals surface area (Å²) in [5.74, 6) is 0.386. The fourth-order valence-corrected chi connectivity index (χ4v) is 4.90. The highest BCUT2D eigenvalue weighted by molar-refractivity contribution is 6.00. The Balaban J connectivity index is 1.52. The molecule has 1 atom stereocenters. The first kappa shape index (κ1) is 20.5. The number of hydrogen-bond donors (Lipinski definition) is 1. The molecule has 1 N–H and O–H groups in total. The van der Waals surface area contributed by atoms with Crippen molar-refractivity contribution in [1.29, 1.82) is 0 Å². The van der Waals surface area contributed by atoms with E-state index in [1.165, 1.54) is 6.42 Å². The number of furan rings is 1. The lowest BCUT2D eigenvalue weighted by Crippen LogP contribution is -2.64. The highest BCUT2D eigenvalue weighted by Gasteiger charge is 2.48. The first-order valence-electron chi connectivity index (χ1n) is 11.3. The molecule has 0 saturated heterocycles. The van der Waals surface area contributed by atoms with E-state index in [2.05, 4.69) is 10.3 Å². The van der Waals surface area contributed by atoms with Crippen molar-refractivity contribution in [3.63, 3.8) is 0 Å². The van der Waals surface area contributed by atoms with Crippen LogP contribution in [0.4, 0.5) is 0 Å². The molecule has 0 aromatic carbocycles. The van der Waals surface area contributed by atoms with E-state index in [0.29, 0.717) is 18.0 Å². The zero-order valence-electron chi connectivity index (χ0n) is 18.3. The highest BCUT2D eigenvalue weighted by Crippen LogP contribution is 2.34. The third kappa shape index (κ3) is 3.61. The van der Waals surface area contributed by atoms with Gasteiger partial charge in [0.05, 0.1) is 30.7 Å². The maximum Gasteiger partial charge on any atom is 0.271 e. The van der Waals surface area contributed by atoms with Crippen LogP contribution in [0.3, 0.4) is 0 Å². The Morgan fingerprint density at radius 1 is 1.12 bits per heavy atom. The van der Waals surface area contributed by atoms with Gasteiger partial charge in [0.1, 0.15) is 17.0 Å². The van der Waals surface area contributed by atoms with Gasteiger partial charge in [-0.1, -0.05) is 25.3 Å². The minimum atomic E-state index is -1.06. The summed E-state index contributed by atoms with van der Waals surface area (Å²) >= 11 is 0. The van der Waals surface area contributed by atoms with Crippen molar-refractivity contribution in [1.82, 2.24) is 19.8 Å². The van der Waals surface area contributed by atoms with Gasteiger partial charge in [0, 0.05) is 12.2 Å². The third-order valence-electron chi connectivity index (χ3n) is 6.76. The van der Waals surface area contributed by atoms with Crippen LogP contribution in [0.25, 0.3) is 11.5 Å². The van der Waals surface area contributed by atoms with Crippen molar-refractivity contribution < 1.29 is 14.0 Å². The molecule has 5 rings (SSSR count). The van der Waals surface area contributed by atoms with Crippen molar-refractivity contribution in [2.75, 3.05) is 0 Å². The molecule has 1 aliphatic carbocycles. The van der Waals surface area contributed by atoms with Gasteiger partial charge in [-0.3, -0.25) is 14.6 Å². The van der Waals surface area contributed by atoms with E-state index in [1.54, 1.807) is 17.4 Å². The second kappa shape index (κ2) is 8.30. The van der Waals surface area contributed by atoms with Gasteiger partial charge in [-0.25, -0.2) is 0 Å². The molecule has 7 heteroatoms. The molecule has 1 saturated carbocycles. The monoisotopic (exact) mass is 432 g/mol. The lowest BCUT2D eigenvalue weighted by atomic mass is 9.91. The van der Waals surface area contributed by atoms with Crippen molar-refractivity contribution >= 4 is 11.8 Å². The number of hydrogen-bond acceptors (Lipinski definition) is 4. The predicted molar refractivity (Wildman–Crippen MR) is 120 cm³/mol. The van der Waals surface area contributed by atoms with Gasteiger partial charge in [-0.2, -0.15) is 0 Å². The van der Waals surface area contributed by atoms with Crippen molar-refractivity contribution in [2.24, 2.45) is 0 Å². The standard InChI is InChI=1S/C25H28N4O3/c1-25(24(31)27-18-8-3-2-4-9-18)17-28-20(22-11-7-15-32-22)12-13-21(28)23(30)29(25)16-19-10-5-6-14-26-19/h5-7,10-15,18H,2-4,8-9,16-17H2,1H3,(H,27,31)/t25-/m0/s1. The lowest BCUT2D eigenvalue weighted by Gasteiger charge is -2.45. The van der Waals surface area contributed by atoms with Crippen LogP contribution in [0.5, 0.6) is 0 Å². The van der Waals surface area contributed by atoms with Crippen molar-refractivity contribution in [3.8, 4) is 11.5 Å². The fourth-order valence-electron chi connectivity index (χ4n) is 4.90. The number of nitrogens with zero attached hydrogens (tertiary/aromatic N) is 3. The second-order valence-electron chi connectivity index (χ2n) is 8.96. The number of amides is 2. The molecule has 1 fully saturated rings. The Kier molecular flexibility index (Phi) is 5.33. The van der Waals surface area contributed by atoms with Gasteiger partial charge in [-0.15, -0.1) is 0 Å². The number of carbonyl (C=O) groups is 2. The van der Waals surface area contributed by atoms with Crippen molar-refractivity contribution in [3.05, 3.63) is 66.3 Å². The predicted octanol–water partition coefficient (Wildman–Crippen LogP) is 4.01. The Morgan fingerprint density at radius 3 is 2.66 bits per heavy atom. The molecule has 166 valence electrons. The number of pyridine rings is 1. The molecule has 1 aliphatic heterocycles. The van der Waals surface area contributed by atoms with Crippen LogP contribution in [-0.4, -0.2) is 37.8 Å². The third-order valence-corrected chi connectivity index (χ3v) is 6.76. The van der Waals surface area contributed by atoms with E-state index in [4.69, 9.17) is 4.42 Å². The number of carbonyl (C=O) groups excluding carboxylic acids is 2. The average Bonchev–Trinajstić information content (AvgIpc) is 3.48. The number of aromatic nitrogens is 2. The lowest BCUT2D eigenvalue weighted by molar-refractivity contribution is -0.134. The van der Waals surface area contributed by atoms with Crippen LogP contribution in [0.2, 0.25) is 0 Å². The van der Waals surface area contributed by atoms with E-state index in [0.717, 1.165) is 37.1 Å². The van der Waals surface area contributed by atoms with E-state index in [9.17, 15) is 9.59 Å². The zero-order valence-corrected chi connectivity index (χ0v) is 18.3. The van der Waals surface area contributed by atoms with E-state index in [-0.39, 0.29) is 24.4 Å². The summed E-state index contributed by atoms with van der Waals surface area (Å²) in [6.45, 7) is 2.48. The topological polar surface area (TPSA) is 80.4 Å². The molecular weight excluding hydrogens is 404 g/mol. The quantitative estimate of drug-likeness (QED) is 0.661. The van der Waals surface area contributed by atoms with Gasteiger partial charge in [0.2, 0.25) is 5.91 Å². The van der Waals surface area contributed by atoms with Gasteiger partial charge < -0.3 is 19.2 Å². The molecule has 3 aromatic rings. The Bertz CT molecular complexity index is 1100. The fraction of sp³-hybridized carbons (Fsp3) is 0.400. The smallest absolute Gasteiger partial charge is 0.271 e. The SMILES string of the molecule is C[C@@]1(C(=O)NC2CCCCC2)Cn2c(ccc2-c2ccco2)C(=O)N1Cc1ccccn1. The normalized spacial score (nSPS) is 21.4. The van der Waals surface area contributed by atoms with E-state index < -0.39 is 5.54 Å². The Hall–Kier alpha value is -3.35. The molecule has 2 amide bonds. The molecular formula is C25H28N4O3. The van der Waals surface area contributed by atoms with Crippen LogP contribution in [0.1, 0.15) is 55.2 Å². The van der Waals surface area contributed by atoms with Gasteiger partial charge in [-0.05, 0) is 56.2 Å². The van der Waals surface area contributed by atoms with Crippen LogP contribution in [-0.2, 0) is 17.9 Å². The largest absolute Gasteiger partial charge is 0.463 e. The van der Waals surface area contributed by atoms with Crippen LogP contribution in [0.15, 0.2) is 59.3 Å². The number of fused-ring (bicyclic) bond motifs is 1. The summed E-state index contributed by atoms with van der Waals surface area (Å²) in [6, 6.07) is 13.2. The molecule has 0 spiro atoms. The summed E-state index contributed by atoms with van der Waals surface area (Å²) < 4.78 is 7.51. The minimum absolute atomic E-state index is 0.113. The molecule has 0 unspecified atom stereocenters. The first-order chi connectivity index (χ1) is 15.6. The van der Waals surface area contributed by atoms with Gasteiger partial charge in [0.15, 0.2) is 0 Å². The van der Waals surface area contributed by atoms with Crippen LogP contribution in [0, 0.1) is 0 Å². The molecule has 4 heterocycles. The second-order valence-corrected chi connectivity index (χ2v) is 8.96. The number of rotatable bonds is 5. The summed E-state index contributed by atoms with van der Waals surface area (Å²) in [5.41, 5.74) is 1.05. The molecule has 7 nitrogen and oxygen atoms in total. The van der Waals surface area contributed by atoms with Crippen LogP contribution >= 0.6 is 0 Å². The minimum Gasteiger partial charge on any atom is -0.463 e. The Morgan fingerprint density at radius 2 is 1.94 bits per heavy atom. The number of nitrogens with one attached hydrogen (secondary N) is 1. The van der Waals surface area contributed by atoms with E-state index in [1.807, 2.05) is 54.0 Å². The van der Waals surface area contributed by atoms with Crippen LogP contribution < -0.4 is 5.32 Å². The molecule has 0 bridgehead atoms. The summed E-state index contributed by atoms with van der Waals surface area (Å²) in [6.07, 6.45) is 8.77. The van der Waals surface area contributed by atoms with Crippen molar-refractivity contribution in [2.45, 2.75) is 63.7 Å². The Labute approximate surface area is 187 Å². The average molecular weight is 433 g/mol. The summed E-state index contributed by atoms with van der Waals surface area (Å²) in [4.78, 5) is 33.5. The maximum atomic E-state index is 13.7. The summed E-state index contributed by atoms with van der Waals surface area (Å²) in [7, 11) is 0. The van der Waals surface area contributed by atoms with Gasteiger partial charge >= 0.3 is 0 Å². The van der Waals surface area contributed by atoms with E-state index >= 15 is 0 Å². The first-order valence-corrected chi connectivity index (χ1v) is 11.3. The summed E-state index contributed by atoms with van der Waals surface area (Å²) in [5, 5.41) is 3.25. The molecule has 0 radical (unpaired) electrons.